The van der Waals surface area contributed by atoms with Crippen LogP contribution >= 0.6 is 0 Å². The molecule has 24 heavy (non-hydrogen) atoms. The summed E-state index contributed by atoms with van der Waals surface area (Å²) < 4.78 is 18.6. The smallest absolute Gasteiger partial charge is 0.277 e. The van der Waals surface area contributed by atoms with Crippen LogP contribution < -0.4 is 10.2 Å². The molecule has 0 aromatic heterocycles. The van der Waals surface area contributed by atoms with Gasteiger partial charge >= 0.3 is 0 Å². The molecule has 0 saturated carbocycles. The van der Waals surface area contributed by atoms with E-state index >= 15 is 0 Å². The van der Waals surface area contributed by atoms with E-state index in [1.54, 1.807) is 19.1 Å². The average Bonchev–Trinajstić information content (AvgIpc) is 2.60. The number of hydrogen-bond donors (Lipinski definition) is 2. The van der Waals surface area contributed by atoms with E-state index in [0.717, 1.165) is 18.6 Å². The van der Waals surface area contributed by atoms with Crippen LogP contribution in [-0.2, 0) is 11.2 Å². The lowest BCUT2D eigenvalue weighted by atomic mass is 10.1. The first kappa shape index (κ1) is 17.5. The highest BCUT2D eigenvalue weighted by Crippen LogP contribution is 2.18. The molecule has 0 unspecified atom stereocenters. The summed E-state index contributed by atoms with van der Waals surface area (Å²) in [6.45, 7) is 3.41. The van der Waals surface area contributed by atoms with Crippen LogP contribution in [0.2, 0.25) is 0 Å². The number of benzene rings is 2. The van der Waals surface area contributed by atoms with Crippen molar-refractivity contribution < 1.29 is 19.0 Å². The first-order valence-corrected chi connectivity index (χ1v) is 7.53. The van der Waals surface area contributed by atoms with Crippen LogP contribution in [0.15, 0.2) is 47.6 Å². The fraction of sp³-hybridized carbons (Fsp3) is 0.222. The molecule has 0 saturated heterocycles. The van der Waals surface area contributed by atoms with E-state index in [1.165, 1.54) is 11.6 Å². The number of carbonyl (C=O) groups excluding carboxylic acids is 1. The van der Waals surface area contributed by atoms with Crippen molar-refractivity contribution in [2.24, 2.45) is 5.10 Å². The summed E-state index contributed by atoms with van der Waals surface area (Å²) in [5, 5.41) is 13.5. The fourth-order valence-electron chi connectivity index (χ4n) is 2.01. The Bertz CT molecular complexity index is 742. The number of aryl methyl sites for hydroxylation is 1. The Labute approximate surface area is 139 Å². The summed E-state index contributed by atoms with van der Waals surface area (Å²) in [7, 11) is 0. The Morgan fingerprint density at radius 1 is 1.25 bits per heavy atom. The lowest BCUT2D eigenvalue weighted by molar-refractivity contribution is -0.123. The van der Waals surface area contributed by atoms with E-state index in [4.69, 9.17) is 4.74 Å². The highest BCUT2D eigenvalue weighted by atomic mass is 19.1. The second kappa shape index (κ2) is 8.10. The first-order chi connectivity index (χ1) is 11.5. The van der Waals surface area contributed by atoms with Gasteiger partial charge in [0.25, 0.3) is 5.91 Å². The van der Waals surface area contributed by atoms with Crippen LogP contribution in [0.3, 0.4) is 0 Å². The van der Waals surface area contributed by atoms with E-state index in [-0.39, 0.29) is 23.6 Å². The van der Waals surface area contributed by atoms with Gasteiger partial charge in [-0.05, 0) is 49.2 Å². The number of aromatic hydroxyl groups is 1. The molecule has 126 valence electrons. The molecule has 5 nitrogen and oxygen atoms in total. The van der Waals surface area contributed by atoms with Crippen molar-refractivity contribution in [3.8, 4) is 11.5 Å². The number of phenolic OH excluding ortho intramolecular Hbond substituents is 1. The lowest BCUT2D eigenvalue weighted by Gasteiger charge is -2.07. The predicted octanol–water partition coefficient (Wildman–Crippen LogP) is 3.01. The van der Waals surface area contributed by atoms with Gasteiger partial charge in [0, 0.05) is 5.56 Å². The van der Waals surface area contributed by atoms with Crippen LogP contribution in [0.25, 0.3) is 0 Å². The standard InChI is InChI=1S/C18H19FN2O3/c1-3-13-4-7-15(8-5-13)24-11-18(23)21-20-12(2)16-10-14(19)6-9-17(16)22/h4-10,22H,3,11H2,1-2H3,(H,21,23)/b20-12+. The molecule has 2 N–H and O–H groups in total. The molecular formula is C18H19FN2O3. The third-order valence-corrected chi connectivity index (χ3v) is 3.40. The van der Waals surface area contributed by atoms with Gasteiger partial charge in [-0.3, -0.25) is 4.79 Å². The summed E-state index contributed by atoms with van der Waals surface area (Å²) in [5.41, 5.74) is 3.99. The molecule has 0 atom stereocenters. The molecule has 0 aliphatic carbocycles. The minimum absolute atomic E-state index is 0.112. The van der Waals surface area contributed by atoms with Crippen molar-refractivity contribution in [2.75, 3.05) is 6.61 Å². The van der Waals surface area contributed by atoms with E-state index in [1.807, 2.05) is 12.1 Å². The minimum atomic E-state index is -0.498. The van der Waals surface area contributed by atoms with Crippen molar-refractivity contribution >= 4 is 11.6 Å². The quantitative estimate of drug-likeness (QED) is 0.632. The van der Waals surface area contributed by atoms with Crippen LogP contribution in [0.4, 0.5) is 4.39 Å². The number of carbonyl (C=O) groups is 1. The van der Waals surface area contributed by atoms with Gasteiger partial charge in [-0.25, -0.2) is 9.82 Å². The number of halogens is 1. The normalized spacial score (nSPS) is 11.2. The van der Waals surface area contributed by atoms with Gasteiger partial charge in [0.1, 0.15) is 17.3 Å². The van der Waals surface area contributed by atoms with Crippen LogP contribution in [0, 0.1) is 5.82 Å². The van der Waals surface area contributed by atoms with Gasteiger partial charge < -0.3 is 9.84 Å². The highest BCUT2D eigenvalue weighted by Gasteiger charge is 2.08. The van der Waals surface area contributed by atoms with Gasteiger partial charge in [-0.1, -0.05) is 19.1 Å². The SMILES string of the molecule is CCc1ccc(OCC(=O)N/N=C(\C)c2cc(F)ccc2O)cc1. The molecule has 0 spiro atoms. The van der Waals surface area contributed by atoms with Gasteiger partial charge in [-0.2, -0.15) is 5.10 Å². The first-order valence-electron chi connectivity index (χ1n) is 7.53. The Hall–Kier alpha value is -2.89. The number of amides is 1. The average molecular weight is 330 g/mol. The van der Waals surface area contributed by atoms with Gasteiger partial charge in [0.15, 0.2) is 6.61 Å². The number of hydrazone groups is 1. The van der Waals surface area contributed by atoms with E-state index in [9.17, 15) is 14.3 Å². The summed E-state index contributed by atoms with van der Waals surface area (Å²) in [4.78, 5) is 11.7. The topological polar surface area (TPSA) is 70.9 Å². The molecule has 6 heteroatoms. The zero-order valence-electron chi connectivity index (χ0n) is 13.5. The maximum Gasteiger partial charge on any atom is 0.277 e. The lowest BCUT2D eigenvalue weighted by Crippen LogP contribution is -2.25. The molecule has 2 aromatic rings. The number of rotatable bonds is 6. The molecule has 0 radical (unpaired) electrons. The molecule has 0 aliphatic rings. The molecule has 0 heterocycles. The molecule has 2 aromatic carbocycles. The predicted molar refractivity (Wildman–Crippen MR) is 89.7 cm³/mol. The number of nitrogens with one attached hydrogen (secondary N) is 1. The second-order valence-electron chi connectivity index (χ2n) is 5.18. The van der Waals surface area contributed by atoms with Crippen LogP contribution in [0.1, 0.15) is 25.0 Å². The van der Waals surface area contributed by atoms with Crippen molar-refractivity contribution in [2.45, 2.75) is 20.3 Å². The maximum absolute atomic E-state index is 13.2. The Morgan fingerprint density at radius 2 is 1.96 bits per heavy atom. The maximum atomic E-state index is 13.2. The molecule has 0 bridgehead atoms. The van der Waals surface area contributed by atoms with Gasteiger partial charge in [0.2, 0.25) is 0 Å². The van der Waals surface area contributed by atoms with Crippen LogP contribution in [-0.4, -0.2) is 23.3 Å². The summed E-state index contributed by atoms with van der Waals surface area (Å²) in [5.74, 6) is -0.475. The molecule has 0 fully saturated rings. The van der Waals surface area contributed by atoms with Gasteiger partial charge in [0.05, 0.1) is 5.71 Å². The fourth-order valence-corrected chi connectivity index (χ4v) is 2.01. The summed E-state index contributed by atoms with van der Waals surface area (Å²) in [6, 6.07) is 11.0. The largest absolute Gasteiger partial charge is 0.507 e. The van der Waals surface area contributed by atoms with Crippen molar-refractivity contribution in [3.63, 3.8) is 0 Å². The summed E-state index contributed by atoms with van der Waals surface area (Å²) >= 11 is 0. The Kier molecular flexibility index (Phi) is 5.89. The number of nitrogens with zero attached hydrogens (tertiary/aromatic N) is 1. The number of hydrogen-bond acceptors (Lipinski definition) is 4. The molecule has 0 aliphatic heterocycles. The Balaban J connectivity index is 1.90. The van der Waals surface area contributed by atoms with Crippen LogP contribution in [0.5, 0.6) is 11.5 Å². The molecule has 1 amide bonds. The zero-order valence-corrected chi connectivity index (χ0v) is 13.5. The minimum Gasteiger partial charge on any atom is -0.507 e. The highest BCUT2D eigenvalue weighted by molar-refractivity contribution is 6.01. The van der Waals surface area contributed by atoms with Crippen molar-refractivity contribution in [1.29, 1.82) is 0 Å². The molecular weight excluding hydrogens is 311 g/mol. The number of phenols is 1. The second-order valence-corrected chi connectivity index (χ2v) is 5.18. The monoisotopic (exact) mass is 330 g/mol. The molecule has 2 rings (SSSR count). The van der Waals surface area contributed by atoms with Crippen molar-refractivity contribution in [1.82, 2.24) is 5.43 Å². The van der Waals surface area contributed by atoms with E-state index in [0.29, 0.717) is 5.75 Å². The third-order valence-electron chi connectivity index (χ3n) is 3.40. The third kappa shape index (κ3) is 4.81. The van der Waals surface area contributed by atoms with Gasteiger partial charge in [-0.15, -0.1) is 0 Å². The van der Waals surface area contributed by atoms with Crippen molar-refractivity contribution in [3.05, 3.63) is 59.4 Å². The van der Waals surface area contributed by atoms with E-state index in [2.05, 4.69) is 17.5 Å². The number of ether oxygens (including phenoxy) is 1. The van der Waals surface area contributed by atoms with E-state index < -0.39 is 11.7 Å². The Morgan fingerprint density at radius 3 is 2.62 bits per heavy atom. The summed E-state index contributed by atoms with van der Waals surface area (Å²) in [6.07, 6.45) is 0.932. The zero-order chi connectivity index (χ0) is 17.5.